The monoisotopic (exact) mass is 297 g/mol. The molecule has 1 aliphatic heterocycles. The molecule has 2 rings (SSSR count). The van der Waals surface area contributed by atoms with E-state index in [1.165, 1.54) is 19.3 Å². The van der Waals surface area contributed by atoms with Gasteiger partial charge in [-0.25, -0.2) is 0 Å². The summed E-state index contributed by atoms with van der Waals surface area (Å²) < 4.78 is 12.1. The Morgan fingerprint density at radius 1 is 1.29 bits per heavy atom. The van der Waals surface area contributed by atoms with E-state index in [4.69, 9.17) is 9.47 Å². The van der Waals surface area contributed by atoms with Crippen LogP contribution in [0.4, 0.5) is 0 Å². The number of ether oxygens (including phenoxy) is 2. The lowest BCUT2D eigenvalue weighted by molar-refractivity contribution is -0.0367. The Morgan fingerprint density at radius 3 is 2.57 bits per heavy atom. The zero-order valence-corrected chi connectivity index (χ0v) is 14.7. The Balaban J connectivity index is 1.92. The fourth-order valence-electron chi connectivity index (χ4n) is 3.46. The molecule has 2 fully saturated rings. The predicted molar refractivity (Wildman–Crippen MR) is 87.5 cm³/mol. The Labute approximate surface area is 131 Å². The molecule has 0 bridgehead atoms. The van der Waals surface area contributed by atoms with Gasteiger partial charge < -0.3 is 14.8 Å². The molecule has 2 aliphatic rings. The van der Waals surface area contributed by atoms with E-state index in [1.54, 1.807) is 0 Å². The zero-order valence-electron chi connectivity index (χ0n) is 14.7. The summed E-state index contributed by atoms with van der Waals surface area (Å²) in [5.41, 5.74) is 0.252. The predicted octanol–water partition coefficient (Wildman–Crippen LogP) is 3.62. The summed E-state index contributed by atoms with van der Waals surface area (Å²) in [5, 5.41) is 3.69. The highest BCUT2D eigenvalue weighted by Gasteiger charge is 2.50. The van der Waals surface area contributed by atoms with Crippen molar-refractivity contribution < 1.29 is 9.47 Å². The molecule has 1 heterocycles. The van der Waals surface area contributed by atoms with Crippen molar-refractivity contribution in [3.05, 3.63) is 0 Å². The zero-order chi connectivity index (χ0) is 15.5. The van der Waals surface area contributed by atoms with E-state index >= 15 is 0 Å². The molecule has 0 aromatic rings. The van der Waals surface area contributed by atoms with Gasteiger partial charge in [-0.15, -0.1) is 0 Å². The average molecular weight is 297 g/mol. The largest absolute Gasteiger partial charge is 0.377 e. The minimum absolute atomic E-state index is 0.0406. The molecule has 0 spiro atoms. The van der Waals surface area contributed by atoms with Crippen LogP contribution in [0, 0.1) is 17.3 Å². The summed E-state index contributed by atoms with van der Waals surface area (Å²) in [6.07, 6.45) is 5.48. The normalized spacial score (nSPS) is 30.3. The Kier molecular flexibility index (Phi) is 5.72. The van der Waals surface area contributed by atoms with Crippen molar-refractivity contribution in [2.45, 2.75) is 72.0 Å². The molecule has 0 amide bonds. The minimum Gasteiger partial charge on any atom is -0.377 e. The van der Waals surface area contributed by atoms with Crippen LogP contribution in [0.3, 0.4) is 0 Å². The number of hydrogen-bond donors (Lipinski definition) is 1. The third kappa shape index (κ3) is 5.22. The quantitative estimate of drug-likeness (QED) is 0.742. The van der Waals surface area contributed by atoms with Gasteiger partial charge in [0.25, 0.3) is 0 Å². The van der Waals surface area contributed by atoms with Crippen LogP contribution >= 0.6 is 0 Å². The molecule has 0 aromatic carbocycles. The van der Waals surface area contributed by atoms with Gasteiger partial charge in [0.2, 0.25) is 0 Å². The standard InChI is InChI=1S/C18H35NO2/c1-14(2)12-19-13-18(9-11-21-17(3,4)5)8-10-20-16(18)15-6-7-15/h14-16,19H,6-13H2,1-5H3. The third-order valence-electron chi connectivity index (χ3n) is 4.72. The van der Waals surface area contributed by atoms with E-state index in [9.17, 15) is 0 Å². The van der Waals surface area contributed by atoms with E-state index in [0.29, 0.717) is 17.4 Å². The van der Waals surface area contributed by atoms with Gasteiger partial charge in [0.1, 0.15) is 0 Å². The topological polar surface area (TPSA) is 30.5 Å². The molecule has 2 unspecified atom stereocenters. The third-order valence-corrected chi connectivity index (χ3v) is 4.72. The van der Waals surface area contributed by atoms with Crippen LogP contribution in [0.2, 0.25) is 0 Å². The van der Waals surface area contributed by atoms with Crippen molar-refractivity contribution in [3.8, 4) is 0 Å². The van der Waals surface area contributed by atoms with E-state index < -0.39 is 0 Å². The maximum atomic E-state index is 6.14. The summed E-state index contributed by atoms with van der Waals surface area (Å²) in [4.78, 5) is 0. The Hall–Kier alpha value is -0.120. The fourth-order valence-corrected chi connectivity index (χ4v) is 3.46. The van der Waals surface area contributed by atoms with Gasteiger partial charge >= 0.3 is 0 Å². The van der Waals surface area contributed by atoms with Crippen molar-refractivity contribution in [3.63, 3.8) is 0 Å². The SMILES string of the molecule is CC(C)CNCC1(CCOC(C)(C)C)CCOC1C1CC1. The maximum absolute atomic E-state index is 6.14. The van der Waals surface area contributed by atoms with Gasteiger partial charge in [0.15, 0.2) is 0 Å². The smallest absolute Gasteiger partial charge is 0.0673 e. The second kappa shape index (κ2) is 6.97. The van der Waals surface area contributed by atoms with Crippen molar-refractivity contribution in [2.24, 2.45) is 17.3 Å². The highest BCUT2D eigenvalue weighted by Crippen LogP contribution is 2.49. The van der Waals surface area contributed by atoms with Crippen molar-refractivity contribution in [1.29, 1.82) is 0 Å². The molecule has 3 heteroatoms. The van der Waals surface area contributed by atoms with Crippen molar-refractivity contribution in [1.82, 2.24) is 5.32 Å². The molecule has 2 atom stereocenters. The lowest BCUT2D eigenvalue weighted by atomic mass is 9.76. The molecule has 3 nitrogen and oxygen atoms in total. The van der Waals surface area contributed by atoms with Crippen LogP contribution in [0.25, 0.3) is 0 Å². The maximum Gasteiger partial charge on any atom is 0.0673 e. The number of nitrogens with one attached hydrogen (secondary N) is 1. The van der Waals surface area contributed by atoms with Gasteiger partial charge in [-0.05, 0) is 64.8 Å². The highest BCUT2D eigenvalue weighted by atomic mass is 16.5. The van der Waals surface area contributed by atoms with Crippen LogP contribution in [-0.4, -0.2) is 38.0 Å². The molecule has 1 saturated heterocycles. The van der Waals surface area contributed by atoms with Gasteiger partial charge in [-0.3, -0.25) is 0 Å². The second-order valence-corrected chi connectivity index (χ2v) is 8.48. The molecule has 124 valence electrons. The summed E-state index contributed by atoms with van der Waals surface area (Å²) in [6, 6.07) is 0. The molecular weight excluding hydrogens is 262 g/mol. The fraction of sp³-hybridized carbons (Fsp3) is 1.00. The lowest BCUT2D eigenvalue weighted by Gasteiger charge is -2.36. The summed E-state index contributed by atoms with van der Waals surface area (Å²) in [7, 11) is 0. The lowest BCUT2D eigenvalue weighted by Crippen LogP contribution is -2.44. The van der Waals surface area contributed by atoms with Crippen LogP contribution < -0.4 is 5.32 Å². The van der Waals surface area contributed by atoms with Gasteiger partial charge in [-0.1, -0.05) is 13.8 Å². The van der Waals surface area contributed by atoms with Gasteiger partial charge in [0, 0.05) is 25.2 Å². The Morgan fingerprint density at radius 2 is 2.00 bits per heavy atom. The minimum atomic E-state index is -0.0406. The van der Waals surface area contributed by atoms with Crippen LogP contribution in [0.15, 0.2) is 0 Å². The molecule has 0 radical (unpaired) electrons. The Bertz CT molecular complexity index is 320. The van der Waals surface area contributed by atoms with Crippen LogP contribution in [0.5, 0.6) is 0 Å². The summed E-state index contributed by atoms with van der Waals surface area (Å²) in [5.74, 6) is 1.51. The van der Waals surface area contributed by atoms with E-state index in [0.717, 1.165) is 38.6 Å². The summed E-state index contributed by atoms with van der Waals surface area (Å²) in [6.45, 7) is 14.9. The number of rotatable bonds is 8. The van der Waals surface area contributed by atoms with Crippen LogP contribution in [0.1, 0.15) is 60.3 Å². The molecule has 1 aliphatic carbocycles. The molecule has 1 saturated carbocycles. The van der Waals surface area contributed by atoms with Crippen LogP contribution in [-0.2, 0) is 9.47 Å². The summed E-state index contributed by atoms with van der Waals surface area (Å²) >= 11 is 0. The van der Waals surface area contributed by atoms with Crippen molar-refractivity contribution >= 4 is 0 Å². The first-order valence-corrected chi connectivity index (χ1v) is 8.79. The second-order valence-electron chi connectivity index (χ2n) is 8.48. The highest BCUT2D eigenvalue weighted by molar-refractivity contribution is 5.00. The van der Waals surface area contributed by atoms with E-state index in [1.807, 2.05) is 0 Å². The first kappa shape index (κ1) is 17.2. The molecular formula is C18H35NO2. The van der Waals surface area contributed by atoms with Gasteiger partial charge in [0.05, 0.1) is 11.7 Å². The number of hydrogen-bond acceptors (Lipinski definition) is 3. The first-order chi connectivity index (χ1) is 9.82. The van der Waals surface area contributed by atoms with E-state index in [2.05, 4.69) is 39.9 Å². The molecule has 1 N–H and O–H groups in total. The molecule has 21 heavy (non-hydrogen) atoms. The van der Waals surface area contributed by atoms with Gasteiger partial charge in [-0.2, -0.15) is 0 Å². The first-order valence-electron chi connectivity index (χ1n) is 8.79. The van der Waals surface area contributed by atoms with E-state index in [-0.39, 0.29) is 5.60 Å². The van der Waals surface area contributed by atoms with Crippen molar-refractivity contribution in [2.75, 3.05) is 26.3 Å². The average Bonchev–Trinajstić information content (AvgIpc) is 3.10. The molecule has 0 aromatic heterocycles.